The van der Waals surface area contributed by atoms with Crippen LogP contribution >= 0.6 is 0 Å². The Bertz CT molecular complexity index is 878. The van der Waals surface area contributed by atoms with Gasteiger partial charge in [0.2, 0.25) is 11.8 Å². The zero-order valence-corrected chi connectivity index (χ0v) is 24.1. The van der Waals surface area contributed by atoms with Gasteiger partial charge in [-0.25, -0.2) is 8.51 Å². The van der Waals surface area contributed by atoms with E-state index in [-0.39, 0.29) is 30.9 Å². The molecule has 37 heavy (non-hydrogen) atoms. The molecule has 1 atom stereocenters. The molecule has 1 aliphatic heterocycles. The van der Waals surface area contributed by atoms with Gasteiger partial charge in [-0.1, -0.05) is 19.3 Å². The molecule has 10 heteroatoms. The Balaban J connectivity index is 0.000000510. The molecule has 0 bridgehead atoms. The highest BCUT2D eigenvalue weighted by Gasteiger charge is 2.23. The zero-order chi connectivity index (χ0) is 27.4. The Morgan fingerprint density at radius 3 is 2.22 bits per heavy atom. The average molecular weight is 539 g/mol. The van der Waals surface area contributed by atoms with Crippen molar-refractivity contribution < 1.29 is 23.6 Å². The lowest BCUT2D eigenvalue weighted by Gasteiger charge is -2.31. The van der Waals surface area contributed by atoms with Crippen LogP contribution in [-0.4, -0.2) is 102 Å². The van der Waals surface area contributed by atoms with E-state index in [0.29, 0.717) is 17.3 Å². The molecule has 1 aromatic rings. The molecule has 1 unspecified atom stereocenters. The number of likely N-dealkylation sites (tertiary alicyclic amines) is 1. The van der Waals surface area contributed by atoms with Gasteiger partial charge in [-0.15, -0.1) is 0 Å². The molecule has 0 spiro atoms. The molecule has 2 aliphatic rings. The second-order valence-corrected chi connectivity index (χ2v) is 11.5. The van der Waals surface area contributed by atoms with Gasteiger partial charge in [0.15, 0.2) is 0 Å². The Morgan fingerprint density at radius 1 is 1.08 bits per heavy atom. The van der Waals surface area contributed by atoms with E-state index in [9.17, 15) is 13.8 Å². The second kappa shape index (κ2) is 16.1. The number of carbonyl (C=O) groups excluding carboxylic acids is 2. The molecular formula is C27H46N4O5S. The van der Waals surface area contributed by atoms with Crippen LogP contribution in [0.25, 0.3) is 0 Å². The van der Waals surface area contributed by atoms with Crippen molar-refractivity contribution in [3.05, 3.63) is 23.3 Å². The number of nitrogens with one attached hydrogen (secondary N) is 1. The van der Waals surface area contributed by atoms with E-state index in [1.165, 1.54) is 36.7 Å². The van der Waals surface area contributed by atoms with Gasteiger partial charge in [0, 0.05) is 26.7 Å². The summed E-state index contributed by atoms with van der Waals surface area (Å²) in [5, 5.41) is 11.1. The van der Waals surface area contributed by atoms with Crippen LogP contribution in [0.2, 0.25) is 0 Å². The molecule has 0 aromatic heterocycles. The molecule has 9 nitrogen and oxygen atoms in total. The quantitative estimate of drug-likeness (QED) is 0.474. The molecule has 1 saturated heterocycles. The summed E-state index contributed by atoms with van der Waals surface area (Å²) < 4.78 is 19.6. The highest BCUT2D eigenvalue weighted by Crippen LogP contribution is 2.25. The summed E-state index contributed by atoms with van der Waals surface area (Å²) in [5.41, 5.74) is 1.69. The van der Waals surface area contributed by atoms with Gasteiger partial charge in [-0.3, -0.25) is 9.59 Å². The molecule has 210 valence electrons. The topological polar surface area (TPSA) is 102 Å². The number of aliphatic hydroxyl groups is 1. The van der Waals surface area contributed by atoms with Crippen LogP contribution in [0.15, 0.2) is 17.0 Å². The minimum Gasteiger partial charge on any atom is -0.497 e. The number of ether oxygens (including phenoxy) is 1. The number of benzene rings is 1. The fourth-order valence-electron chi connectivity index (χ4n) is 4.89. The molecule has 2 fully saturated rings. The summed E-state index contributed by atoms with van der Waals surface area (Å²) in [6, 6.07) is 3.92. The van der Waals surface area contributed by atoms with Gasteiger partial charge in [-0.05, 0) is 75.9 Å². The van der Waals surface area contributed by atoms with Crippen molar-refractivity contribution in [2.24, 2.45) is 0 Å². The third-order valence-electron chi connectivity index (χ3n) is 7.06. The number of rotatable bonds is 10. The fraction of sp³-hybridized carbons (Fsp3) is 0.704. The fourth-order valence-corrected chi connectivity index (χ4v) is 6.11. The molecule has 0 radical (unpaired) electrons. The number of hydrogen-bond donors (Lipinski definition) is 2. The average Bonchev–Trinajstić information content (AvgIpc) is 3.40. The normalized spacial score (nSPS) is 17.2. The third kappa shape index (κ3) is 10.00. The van der Waals surface area contributed by atoms with E-state index in [0.717, 1.165) is 43.4 Å². The summed E-state index contributed by atoms with van der Waals surface area (Å²) in [4.78, 5) is 29.4. The minimum atomic E-state index is -1.49. The maximum Gasteiger partial charge on any atom is 0.241 e. The van der Waals surface area contributed by atoms with Crippen LogP contribution in [0.4, 0.5) is 0 Å². The van der Waals surface area contributed by atoms with Gasteiger partial charge >= 0.3 is 0 Å². The largest absolute Gasteiger partial charge is 0.497 e. The smallest absolute Gasteiger partial charge is 0.241 e. The van der Waals surface area contributed by atoms with Crippen molar-refractivity contribution in [1.82, 2.24) is 19.4 Å². The maximum absolute atomic E-state index is 12.9. The highest BCUT2D eigenvalue weighted by atomic mass is 32.2. The number of amides is 2. The highest BCUT2D eigenvalue weighted by molar-refractivity contribution is 7.82. The van der Waals surface area contributed by atoms with Gasteiger partial charge in [0.1, 0.15) is 16.7 Å². The van der Waals surface area contributed by atoms with Gasteiger partial charge < -0.3 is 25.0 Å². The Labute approximate surface area is 225 Å². The SMILES string of the molecule is COc1cc(C)c(S(=O)N(C)CC(=O)NCC(=O)N(C)C2CCCCC2)c(C)c1.OCCN1CCCC1. The lowest BCUT2D eigenvalue weighted by atomic mass is 9.94. The van der Waals surface area contributed by atoms with E-state index in [1.807, 2.05) is 26.0 Å². The first kappa shape index (κ1) is 31.2. The zero-order valence-electron chi connectivity index (χ0n) is 23.3. The lowest BCUT2D eigenvalue weighted by molar-refractivity contribution is -0.134. The Hall–Kier alpha value is -2.01. The molecule has 1 aromatic carbocycles. The van der Waals surface area contributed by atoms with Gasteiger partial charge in [-0.2, -0.15) is 0 Å². The van der Waals surface area contributed by atoms with Crippen LogP contribution in [0.5, 0.6) is 5.75 Å². The van der Waals surface area contributed by atoms with E-state index in [2.05, 4.69) is 10.2 Å². The number of β-amino-alcohol motifs (C(OH)–C–C–N with tert-alkyl or cyclic N) is 1. The number of carbonyl (C=O) groups is 2. The van der Waals surface area contributed by atoms with Crippen LogP contribution < -0.4 is 10.1 Å². The molecule has 1 heterocycles. The van der Waals surface area contributed by atoms with E-state index in [1.54, 1.807) is 26.1 Å². The summed E-state index contributed by atoms with van der Waals surface area (Å²) in [7, 11) is 3.54. The number of nitrogens with zero attached hydrogens (tertiary/aromatic N) is 3. The van der Waals surface area contributed by atoms with E-state index >= 15 is 0 Å². The maximum atomic E-state index is 12.9. The monoisotopic (exact) mass is 538 g/mol. The standard InChI is InChI=1S/C21H33N3O4S.C6H13NO/c1-15-11-18(28-5)12-16(2)21(15)29(27)23(3)14-19(25)22-13-20(26)24(4)17-9-7-6-8-10-17;8-6-5-7-3-1-2-4-7/h11-12,17H,6-10,13-14H2,1-5H3,(H,22,25);8H,1-6H2. The predicted octanol–water partition coefficient (Wildman–Crippen LogP) is 2.25. The number of aryl methyl sites for hydroxylation is 2. The number of aliphatic hydroxyl groups excluding tert-OH is 1. The summed E-state index contributed by atoms with van der Waals surface area (Å²) in [6.45, 7) is 7.23. The second-order valence-electron chi connectivity index (χ2n) is 9.97. The van der Waals surface area contributed by atoms with Gasteiger partial charge in [0.05, 0.1) is 31.7 Å². The van der Waals surface area contributed by atoms with E-state index < -0.39 is 11.0 Å². The Kier molecular flexibility index (Phi) is 13.5. The predicted molar refractivity (Wildman–Crippen MR) is 147 cm³/mol. The van der Waals surface area contributed by atoms with Crippen molar-refractivity contribution in [3.8, 4) is 5.75 Å². The first-order valence-corrected chi connectivity index (χ1v) is 14.4. The summed E-state index contributed by atoms with van der Waals surface area (Å²) in [5.74, 6) is 0.299. The van der Waals surface area contributed by atoms with Crippen LogP contribution in [0.3, 0.4) is 0 Å². The van der Waals surface area contributed by atoms with E-state index in [4.69, 9.17) is 9.84 Å². The summed E-state index contributed by atoms with van der Waals surface area (Å²) >= 11 is 0. The molecular weight excluding hydrogens is 492 g/mol. The number of hydrogen-bond acceptors (Lipinski definition) is 6. The first-order chi connectivity index (χ1) is 17.7. The molecule has 2 N–H and O–H groups in total. The molecule has 1 saturated carbocycles. The van der Waals surface area contributed by atoms with Crippen molar-refractivity contribution in [2.45, 2.75) is 69.7 Å². The van der Waals surface area contributed by atoms with Crippen LogP contribution in [0, 0.1) is 13.8 Å². The third-order valence-corrected chi connectivity index (χ3v) is 8.75. The first-order valence-electron chi connectivity index (χ1n) is 13.3. The summed E-state index contributed by atoms with van der Waals surface area (Å²) in [6.07, 6.45) is 8.22. The number of methoxy groups -OCH3 is 1. The van der Waals surface area contributed by atoms with Crippen LogP contribution in [0.1, 0.15) is 56.1 Å². The van der Waals surface area contributed by atoms with Crippen molar-refractivity contribution >= 4 is 22.8 Å². The lowest BCUT2D eigenvalue weighted by Crippen LogP contribution is -2.45. The van der Waals surface area contributed by atoms with Crippen molar-refractivity contribution in [3.63, 3.8) is 0 Å². The van der Waals surface area contributed by atoms with Crippen molar-refractivity contribution in [2.75, 3.05) is 60.5 Å². The minimum absolute atomic E-state index is 0.0348. The molecule has 1 aliphatic carbocycles. The van der Waals surface area contributed by atoms with Gasteiger partial charge in [0.25, 0.3) is 0 Å². The molecule has 2 amide bonds. The molecule has 3 rings (SSSR count). The number of likely N-dealkylation sites (N-methyl/N-ethyl adjacent to an activating group) is 2. The Morgan fingerprint density at radius 2 is 1.68 bits per heavy atom. The van der Waals surface area contributed by atoms with Crippen molar-refractivity contribution in [1.29, 1.82) is 0 Å². The van der Waals surface area contributed by atoms with Crippen LogP contribution in [-0.2, 0) is 20.6 Å².